The van der Waals surface area contributed by atoms with Gasteiger partial charge in [-0.3, -0.25) is 0 Å². The molecule has 104 valence electrons. The van der Waals surface area contributed by atoms with Crippen molar-refractivity contribution in [3.05, 3.63) is 11.5 Å². The molecular weight excluding hydrogens is 242 g/mol. The topological polar surface area (TPSA) is 70.1 Å². The predicted molar refractivity (Wildman–Crippen MR) is 74.7 cm³/mol. The maximum atomic E-state index is 11.7. The lowest BCUT2D eigenvalue weighted by Gasteiger charge is -2.08. The fraction of sp³-hybridized carbons (Fsp3) is 0.571. The Balaban J connectivity index is 2.85. The number of unbranched alkanes of at least 4 members (excludes halogenated alkanes) is 2. The number of esters is 1. The number of nitrogen functional groups attached to an aromatic ring is 1. The Hall–Kier alpha value is -1.96. The first-order chi connectivity index (χ1) is 9.15. The van der Waals surface area contributed by atoms with Crippen LogP contribution in [0.3, 0.4) is 0 Å². The van der Waals surface area contributed by atoms with Gasteiger partial charge in [0.05, 0.1) is 6.61 Å². The van der Waals surface area contributed by atoms with E-state index in [4.69, 9.17) is 16.9 Å². The van der Waals surface area contributed by atoms with E-state index in [9.17, 15) is 4.79 Å². The molecule has 0 atom stereocenters. The summed E-state index contributed by atoms with van der Waals surface area (Å²) in [6.07, 6.45) is 8.54. The summed E-state index contributed by atoms with van der Waals surface area (Å²) in [4.78, 5) is 16.0. The molecule has 0 aliphatic carbocycles. The fourth-order valence-corrected chi connectivity index (χ4v) is 1.88. The van der Waals surface area contributed by atoms with Gasteiger partial charge in [-0.05, 0) is 19.8 Å². The molecule has 0 radical (unpaired) electrons. The molecule has 0 fully saturated rings. The van der Waals surface area contributed by atoms with Gasteiger partial charge in [0.25, 0.3) is 0 Å². The number of hydrogen-bond donors (Lipinski definition) is 1. The van der Waals surface area contributed by atoms with Gasteiger partial charge in [-0.25, -0.2) is 9.78 Å². The molecule has 2 N–H and O–H groups in total. The normalized spacial score (nSPS) is 10.2. The van der Waals surface area contributed by atoms with Gasteiger partial charge in [-0.15, -0.1) is 12.3 Å². The average Bonchev–Trinajstić information content (AvgIpc) is 2.72. The number of rotatable bonds is 7. The van der Waals surface area contributed by atoms with E-state index in [2.05, 4.69) is 10.9 Å². The first-order valence-electron chi connectivity index (χ1n) is 6.61. The lowest BCUT2D eigenvalue weighted by Crippen LogP contribution is -2.10. The summed E-state index contributed by atoms with van der Waals surface area (Å²) in [7, 11) is 0. The second-order valence-corrected chi connectivity index (χ2v) is 4.15. The molecule has 0 amide bonds. The van der Waals surface area contributed by atoms with E-state index in [1.54, 1.807) is 6.92 Å². The number of carbonyl (C=O) groups is 1. The molecule has 1 aromatic heterocycles. The lowest BCUT2D eigenvalue weighted by atomic mass is 10.2. The highest BCUT2D eigenvalue weighted by Gasteiger charge is 2.20. The predicted octanol–water partition coefficient (Wildman–Crippen LogP) is 2.01. The number of ether oxygens (including phenoxy) is 1. The van der Waals surface area contributed by atoms with Gasteiger partial charge < -0.3 is 15.0 Å². The Labute approximate surface area is 114 Å². The summed E-state index contributed by atoms with van der Waals surface area (Å²) < 4.78 is 6.82. The number of hydrogen-bond acceptors (Lipinski definition) is 4. The van der Waals surface area contributed by atoms with Crippen molar-refractivity contribution in [2.45, 2.75) is 46.1 Å². The Bertz CT molecular complexity index is 472. The van der Waals surface area contributed by atoms with Crippen LogP contribution in [0.4, 0.5) is 5.82 Å². The minimum absolute atomic E-state index is 0.218. The Kier molecular flexibility index (Phi) is 5.94. The van der Waals surface area contributed by atoms with E-state index in [0.717, 1.165) is 38.1 Å². The summed E-state index contributed by atoms with van der Waals surface area (Å²) >= 11 is 0. The molecule has 0 saturated carbocycles. The first-order valence-corrected chi connectivity index (χ1v) is 6.61. The van der Waals surface area contributed by atoms with Crippen LogP contribution >= 0.6 is 0 Å². The molecule has 1 heterocycles. The Morgan fingerprint density at radius 2 is 2.21 bits per heavy atom. The van der Waals surface area contributed by atoms with E-state index < -0.39 is 5.97 Å². The third kappa shape index (κ3) is 3.75. The van der Waals surface area contributed by atoms with E-state index >= 15 is 0 Å². The molecule has 19 heavy (non-hydrogen) atoms. The number of nitrogens with two attached hydrogens (primary N) is 1. The minimum atomic E-state index is -0.461. The number of aryl methyl sites for hydroxylation is 1. The van der Waals surface area contributed by atoms with Crippen LogP contribution in [0.15, 0.2) is 0 Å². The molecule has 0 aliphatic heterocycles. The standard InChI is InChI=1S/C14H21N3O2/c1-4-7-8-9-10-17-11(5-2)16-12(13(17)15)14(18)19-6-3/h1H,5-10,15H2,2-3H3. The number of nitrogens with zero attached hydrogens (tertiary/aromatic N) is 2. The van der Waals surface area contributed by atoms with Crippen molar-refractivity contribution >= 4 is 11.8 Å². The smallest absolute Gasteiger partial charge is 0.360 e. The van der Waals surface area contributed by atoms with Gasteiger partial charge in [0.1, 0.15) is 11.6 Å². The van der Waals surface area contributed by atoms with Crippen molar-refractivity contribution in [2.24, 2.45) is 0 Å². The second kappa shape index (κ2) is 7.47. The van der Waals surface area contributed by atoms with E-state index in [-0.39, 0.29) is 5.69 Å². The van der Waals surface area contributed by atoms with Crippen LogP contribution in [0.5, 0.6) is 0 Å². The number of imidazole rings is 1. The van der Waals surface area contributed by atoms with E-state index in [1.807, 2.05) is 11.5 Å². The van der Waals surface area contributed by atoms with E-state index in [0.29, 0.717) is 12.4 Å². The quantitative estimate of drug-likeness (QED) is 0.464. The molecule has 1 aromatic rings. The van der Waals surface area contributed by atoms with Gasteiger partial charge in [0.2, 0.25) is 0 Å². The van der Waals surface area contributed by atoms with Gasteiger partial charge in [0, 0.05) is 19.4 Å². The molecular formula is C14H21N3O2. The summed E-state index contributed by atoms with van der Waals surface area (Å²) in [6, 6.07) is 0. The van der Waals surface area contributed by atoms with Crippen molar-refractivity contribution in [1.29, 1.82) is 0 Å². The molecule has 1 rings (SSSR count). The highest BCUT2D eigenvalue weighted by Crippen LogP contribution is 2.17. The largest absolute Gasteiger partial charge is 0.461 e. The maximum absolute atomic E-state index is 11.7. The van der Waals surface area contributed by atoms with Gasteiger partial charge in [0.15, 0.2) is 5.69 Å². The lowest BCUT2D eigenvalue weighted by molar-refractivity contribution is 0.0521. The summed E-state index contributed by atoms with van der Waals surface area (Å²) in [5, 5.41) is 0. The second-order valence-electron chi connectivity index (χ2n) is 4.15. The molecule has 0 saturated heterocycles. The number of anilines is 1. The van der Waals surface area contributed by atoms with Crippen molar-refractivity contribution in [3.63, 3.8) is 0 Å². The van der Waals surface area contributed by atoms with Crippen molar-refractivity contribution < 1.29 is 9.53 Å². The molecule has 0 aromatic carbocycles. The third-order valence-electron chi connectivity index (χ3n) is 2.82. The number of aromatic nitrogens is 2. The number of terminal acetylenes is 1. The monoisotopic (exact) mass is 263 g/mol. The Morgan fingerprint density at radius 1 is 1.47 bits per heavy atom. The van der Waals surface area contributed by atoms with Crippen LogP contribution < -0.4 is 5.73 Å². The summed E-state index contributed by atoms with van der Waals surface area (Å²) in [6.45, 7) is 4.78. The first kappa shape index (κ1) is 15.1. The Morgan fingerprint density at radius 3 is 2.79 bits per heavy atom. The van der Waals surface area contributed by atoms with Gasteiger partial charge in [-0.1, -0.05) is 6.92 Å². The molecule has 0 aliphatic rings. The highest BCUT2D eigenvalue weighted by atomic mass is 16.5. The van der Waals surface area contributed by atoms with Gasteiger partial charge in [-0.2, -0.15) is 0 Å². The molecule has 0 spiro atoms. The zero-order chi connectivity index (χ0) is 14.3. The zero-order valence-corrected chi connectivity index (χ0v) is 11.6. The van der Waals surface area contributed by atoms with Crippen molar-refractivity contribution in [3.8, 4) is 12.3 Å². The fourth-order valence-electron chi connectivity index (χ4n) is 1.88. The molecule has 5 nitrogen and oxygen atoms in total. The average molecular weight is 263 g/mol. The maximum Gasteiger partial charge on any atom is 0.360 e. The molecule has 5 heteroatoms. The SMILES string of the molecule is C#CCCCCn1c(CC)nc(C(=O)OCC)c1N. The minimum Gasteiger partial charge on any atom is -0.461 e. The van der Waals surface area contributed by atoms with Crippen LogP contribution in [0, 0.1) is 12.3 Å². The number of carbonyl (C=O) groups excluding carboxylic acids is 1. The summed E-state index contributed by atoms with van der Waals surface area (Å²) in [5.74, 6) is 3.34. The third-order valence-corrected chi connectivity index (χ3v) is 2.82. The van der Waals surface area contributed by atoms with Crippen LogP contribution in [-0.2, 0) is 17.7 Å². The van der Waals surface area contributed by atoms with Crippen molar-refractivity contribution in [1.82, 2.24) is 9.55 Å². The molecule has 0 bridgehead atoms. The van der Waals surface area contributed by atoms with Gasteiger partial charge >= 0.3 is 5.97 Å². The van der Waals surface area contributed by atoms with Crippen LogP contribution in [0.1, 0.15) is 49.4 Å². The zero-order valence-electron chi connectivity index (χ0n) is 11.6. The van der Waals surface area contributed by atoms with Crippen LogP contribution in [-0.4, -0.2) is 22.1 Å². The van der Waals surface area contributed by atoms with E-state index in [1.165, 1.54) is 0 Å². The highest BCUT2D eigenvalue weighted by molar-refractivity contribution is 5.92. The van der Waals surface area contributed by atoms with Crippen LogP contribution in [0.25, 0.3) is 0 Å². The van der Waals surface area contributed by atoms with Crippen molar-refractivity contribution in [2.75, 3.05) is 12.3 Å². The summed E-state index contributed by atoms with van der Waals surface area (Å²) in [5.41, 5.74) is 6.20. The van der Waals surface area contributed by atoms with Crippen LogP contribution in [0.2, 0.25) is 0 Å². The molecule has 0 unspecified atom stereocenters.